The summed E-state index contributed by atoms with van der Waals surface area (Å²) in [6.45, 7) is 4.79. The van der Waals surface area contributed by atoms with E-state index in [0.717, 1.165) is 12.8 Å². The lowest BCUT2D eigenvalue weighted by atomic mass is 10.2. The van der Waals surface area contributed by atoms with Crippen LogP contribution in [0.15, 0.2) is 0 Å². The van der Waals surface area contributed by atoms with Crippen LogP contribution < -0.4 is 0 Å². The standard InChI is InChI=1S/C9H19NO3S/c1-8(2)10(3)14(11,12)9-5-4-6-13-7-9/h8-9H,4-7H2,1-3H3. The van der Waals surface area contributed by atoms with Gasteiger partial charge in [0, 0.05) is 19.7 Å². The van der Waals surface area contributed by atoms with E-state index in [1.165, 1.54) is 4.31 Å². The van der Waals surface area contributed by atoms with E-state index < -0.39 is 10.0 Å². The molecule has 1 saturated heterocycles. The lowest BCUT2D eigenvalue weighted by Crippen LogP contribution is -2.43. The van der Waals surface area contributed by atoms with E-state index in [1.807, 2.05) is 13.8 Å². The van der Waals surface area contributed by atoms with Crippen molar-refractivity contribution in [3.63, 3.8) is 0 Å². The highest BCUT2D eigenvalue weighted by molar-refractivity contribution is 7.89. The summed E-state index contributed by atoms with van der Waals surface area (Å²) in [7, 11) is -1.52. The lowest BCUT2D eigenvalue weighted by molar-refractivity contribution is 0.0974. The Balaban J connectivity index is 2.73. The zero-order chi connectivity index (χ0) is 10.8. The highest BCUT2D eigenvalue weighted by Crippen LogP contribution is 2.18. The molecule has 5 heteroatoms. The first-order valence-corrected chi connectivity index (χ1v) is 6.51. The molecule has 1 heterocycles. The van der Waals surface area contributed by atoms with Gasteiger partial charge in [-0.2, -0.15) is 0 Å². The monoisotopic (exact) mass is 221 g/mol. The molecule has 0 amide bonds. The molecule has 0 saturated carbocycles. The SMILES string of the molecule is CC(C)N(C)S(=O)(=O)C1CCCOC1. The van der Waals surface area contributed by atoms with Crippen LogP contribution in [0, 0.1) is 0 Å². The van der Waals surface area contributed by atoms with E-state index in [0.29, 0.717) is 13.2 Å². The summed E-state index contributed by atoms with van der Waals surface area (Å²) < 4.78 is 30.6. The van der Waals surface area contributed by atoms with Crippen molar-refractivity contribution in [1.82, 2.24) is 4.31 Å². The van der Waals surface area contributed by atoms with E-state index in [1.54, 1.807) is 7.05 Å². The molecule has 0 aromatic carbocycles. The minimum atomic E-state index is -3.15. The normalized spacial score (nSPS) is 24.5. The average Bonchev–Trinajstić information content (AvgIpc) is 2.18. The lowest BCUT2D eigenvalue weighted by Gasteiger charge is -2.29. The summed E-state index contributed by atoms with van der Waals surface area (Å²) in [5, 5.41) is -0.344. The Kier molecular flexibility index (Phi) is 3.92. The van der Waals surface area contributed by atoms with Crippen LogP contribution in [0.1, 0.15) is 26.7 Å². The Bertz CT molecular complexity index is 268. The number of nitrogens with zero attached hydrogens (tertiary/aromatic N) is 1. The molecule has 1 rings (SSSR count). The van der Waals surface area contributed by atoms with Gasteiger partial charge in [0.25, 0.3) is 0 Å². The second-order valence-electron chi connectivity index (χ2n) is 3.99. The predicted molar refractivity (Wildman–Crippen MR) is 55.7 cm³/mol. The third-order valence-electron chi connectivity index (χ3n) is 2.67. The van der Waals surface area contributed by atoms with Crippen molar-refractivity contribution < 1.29 is 13.2 Å². The molecule has 0 aromatic heterocycles. The van der Waals surface area contributed by atoms with Gasteiger partial charge in [-0.1, -0.05) is 0 Å². The molecule has 4 nitrogen and oxygen atoms in total. The summed E-state index contributed by atoms with van der Waals surface area (Å²) >= 11 is 0. The van der Waals surface area contributed by atoms with Gasteiger partial charge in [0.2, 0.25) is 10.0 Å². The molecule has 0 radical (unpaired) electrons. The van der Waals surface area contributed by atoms with Crippen LogP contribution in [0.5, 0.6) is 0 Å². The first-order chi connectivity index (χ1) is 6.46. The smallest absolute Gasteiger partial charge is 0.219 e. The van der Waals surface area contributed by atoms with Gasteiger partial charge in [-0.05, 0) is 26.7 Å². The van der Waals surface area contributed by atoms with Crippen LogP contribution in [0.4, 0.5) is 0 Å². The maximum absolute atomic E-state index is 12.0. The van der Waals surface area contributed by atoms with Crippen LogP contribution in [0.25, 0.3) is 0 Å². The van der Waals surface area contributed by atoms with Crippen molar-refractivity contribution in [2.24, 2.45) is 0 Å². The fourth-order valence-electron chi connectivity index (χ4n) is 1.48. The summed E-state index contributed by atoms with van der Waals surface area (Å²) in [5.41, 5.74) is 0. The van der Waals surface area contributed by atoms with Gasteiger partial charge >= 0.3 is 0 Å². The molecule has 0 N–H and O–H groups in total. The summed E-state index contributed by atoms with van der Waals surface area (Å²) in [6.07, 6.45) is 1.56. The highest BCUT2D eigenvalue weighted by atomic mass is 32.2. The van der Waals surface area contributed by atoms with Gasteiger partial charge in [0.1, 0.15) is 0 Å². The number of hydrogen-bond donors (Lipinski definition) is 0. The number of rotatable bonds is 3. The minimum Gasteiger partial charge on any atom is -0.380 e. The van der Waals surface area contributed by atoms with Crippen LogP contribution in [0.3, 0.4) is 0 Å². The zero-order valence-corrected chi connectivity index (χ0v) is 9.88. The third-order valence-corrected chi connectivity index (χ3v) is 5.11. The number of ether oxygens (including phenoxy) is 1. The fourth-order valence-corrected chi connectivity index (χ4v) is 3.27. The predicted octanol–water partition coefficient (Wildman–Crippen LogP) is 0.835. The van der Waals surface area contributed by atoms with Crippen molar-refractivity contribution >= 4 is 10.0 Å². The largest absolute Gasteiger partial charge is 0.380 e. The van der Waals surface area contributed by atoms with Gasteiger partial charge in [-0.3, -0.25) is 0 Å². The van der Waals surface area contributed by atoms with E-state index in [2.05, 4.69) is 0 Å². The minimum absolute atomic E-state index is 0.0157. The molecule has 0 bridgehead atoms. The van der Waals surface area contributed by atoms with Crippen molar-refractivity contribution in [2.45, 2.75) is 38.0 Å². The van der Waals surface area contributed by atoms with Crippen LogP contribution in [0.2, 0.25) is 0 Å². The molecule has 84 valence electrons. The molecule has 0 spiro atoms. The van der Waals surface area contributed by atoms with Crippen LogP contribution in [-0.4, -0.2) is 44.3 Å². The quantitative estimate of drug-likeness (QED) is 0.709. The summed E-state index contributed by atoms with van der Waals surface area (Å²) in [5.74, 6) is 0. The fraction of sp³-hybridized carbons (Fsp3) is 1.00. The van der Waals surface area contributed by atoms with Crippen molar-refractivity contribution in [3.8, 4) is 0 Å². The Morgan fingerprint density at radius 2 is 2.07 bits per heavy atom. The number of sulfonamides is 1. The third kappa shape index (κ3) is 2.46. The highest BCUT2D eigenvalue weighted by Gasteiger charge is 2.32. The molecular formula is C9H19NO3S. The molecule has 1 unspecified atom stereocenters. The first kappa shape index (κ1) is 11.9. The van der Waals surface area contributed by atoms with E-state index in [9.17, 15) is 8.42 Å². The topological polar surface area (TPSA) is 46.6 Å². The Labute approximate surface area is 86.3 Å². The number of hydrogen-bond acceptors (Lipinski definition) is 3. The summed E-state index contributed by atoms with van der Waals surface area (Å²) in [6, 6.07) is 0.0157. The average molecular weight is 221 g/mol. The van der Waals surface area contributed by atoms with E-state index in [4.69, 9.17) is 4.74 Å². The second kappa shape index (κ2) is 4.59. The van der Waals surface area contributed by atoms with E-state index in [-0.39, 0.29) is 11.3 Å². The van der Waals surface area contributed by atoms with Crippen LogP contribution in [-0.2, 0) is 14.8 Å². The summed E-state index contributed by atoms with van der Waals surface area (Å²) in [4.78, 5) is 0. The zero-order valence-electron chi connectivity index (χ0n) is 9.06. The second-order valence-corrected chi connectivity index (χ2v) is 6.27. The molecule has 14 heavy (non-hydrogen) atoms. The Hall–Kier alpha value is -0.130. The van der Waals surface area contributed by atoms with Gasteiger partial charge in [0.05, 0.1) is 11.9 Å². The Morgan fingerprint density at radius 1 is 1.43 bits per heavy atom. The molecular weight excluding hydrogens is 202 g/mol. The van der Waals surface area contributed by atoms with Crippen molar-refractivity contribution in [3.05, 3.63) is 0 Å². The first-order valence-electron chi connectivity index (χ1n) is 5.01. The molecule has 0 aromatic rings. The maximum atomic E-state index is 12.0. The van der Waals surface area contributed by atoms with Gasteiger partial charge < -0.3 is 4.74 Å². The van der Waals surface area contributed by atoms with Gasteiger partial charge in [-0.15, -0.1) is 0 Å². The van der Waals surface area contributed by atoms with E-state index >= 15 is 0 Å². The molecule has 1 aliphatic rings. The maximum Gasteiger partial charge on any atom is 0.219 e. The Morgan fingerprint density at radius 3 is 2.50 bits per heavy atom. The van der Waals surface area contributed by atoms with Crippen LogP contribution >= 0.6 is 0 Å². The van der Waals surface area contributed by atoms with Gasteiger partial charge in [0.15, 0.2) is 0 Å². The molecule has 1 fully saturated rings. The van der Waals surface area contributed by atoms with Crippen molar-refractivity contribution in [1.29, 1.82) is 0 Å². The molecule has 0 aliphatic carbocycles. The molecule has 1 atom stereocenters. The molecule has 1 aliphatic heterocycles. The van der Waals surface area contributed by atoms with Crippen molar-refractivity contribution in [2.75, 3.05) is 20.3 Å². The van der Waals surface area contributed by atoms with Gasteiger partial charge in [-0.25, -0.2) is 12.7 Å².